The van der Waals surface area contributed by atoms with Crippen LogP contribution in [0.5, 0.6) is 0 Å². The van der Waals surface area contributed by atoms with E-state index < -0.39 is 34.6 Å². The fraction of sp³-hybridized carbons (Fsp3) is 0.550. The third-order valence-corrected chi connectivity index (χ3v) is 6.61. The van der Waals surface area contributed by atoms with Crippen LogP contribution in [0.15, 0.2) is 24.3 Å². The van der Waals surface area contributed by atoms with Crippen LogP contribution in [0.1, 0.15) is 43.7 Å². The number of aliphatic hydroxyl groups excluding tert-OH is 1. The first-order valence-corrected chi connectivity index (χ1v) is 12.0. The molecule has 1 aromatic carbocycles. The number of likely N-dealkylation sites (tertiary alicyclic amines) is 1. The number of nitrogen functional groups attached to an aromatic ring is 1. The summed E-state index contributed by atoms with van der Waals surface area (Å²) in [5.41, 5.74) is 6.82. The maximum atomic E-state index is 12.8. The van der Waals surface area contributed by atoms with E-state index in [0.29, 0.717) is 37.8 Å². The lowest BCUT2D eigenvalue weighted by Gasteiger charge is -2.28. The molecule has 2 amide bonds. The number of nitrogens with two attached hydrogens (primary N) is 1. The average molecular weight is 454 g/mol. The Morgan fingerprint density at radius 2 is 2.00 bits per heavy atom. The number of unbranched alkanes of at least 4 members (excludes halogenated alkanes) is 1. The van der Waals surface area contributed by atoms with Gasteiger partial charge >= 0.3 is 0 Å². The summed E-state index contributed by atoms with van der Waals surface area (Å²) in [7, 11) is -3.71. The lowest BCUT2D eigenvalue weighted by atomic mass is 10.1. The van der Waals surface area contributed by atoms with E-state index in [-0.39, 0.29) is 24.0 Å². The van der Waals surface area contributed by atoms with Gasteiger partial charge in [-0.3, -0.25) is 15.0 Å². The number of amides is 2. The number of carbonyl (C=O) groups excluding carboxylic acids is 2. The van der Waals surface area contributed by atoms with Gasteiger partial charge in [0.15, 0.2) is 0 Å². The Morgan fingerprint density at radius 3 is 2.58 bits per heavy atom. The maximum absolute atomic E-state index is 12.8. The second kappa shape index (κ2) is 11.2. The van der Waals surface area contributed by atoms with Crippen molar-refractivity contribution >= 4 is 27.7 Å². The number of hydrogen-bond donors (Lipinski definition) is 5. The van der Waals surface area contributed by atoms with Crippen LogP contribution in [-0.4, -0.2) is 67.1 Å². The van der Waals surface area contributed by atoms with Crippen LogP contribution >= 0.6 is 0 Å². The fourth-order valence-corrected chi connectivity index (χ4v) is 4.78. The van der Waals surface area contributed by atoms with Crippen molar-refractivity contribution in [2.24, 2.45) is 5.73 Å². The van der Waals surface area contributed by atoms with E-state index in [1.54, 1.807) is 24.3 Å². The minimum Gasteiger partial charge on any atom is -0.394 e. The van der Waals surface area contributed by atoms with E-state index in [2.05, 4.69) is 10.0 Å². The molecule has 1 saturated heterocycles. The molecule has 1 unspecified atom stereocenters. The number of sulfonamides is 1. The molecule has 1 aliphatic rings. The molecule has 1 heterocycles. The monoisotopic (exact) mass is 453 g/mol. The molecular formula is C20H31N5O5S. The highest BCUT2D eigenvalue weighted by Gasteiger charge is 2.38. The number of amidine groups is 1. The van der Waals surface area contributed by atoms with Crippen LogP contribution in [0, 0.1) is 5.41 Å². The minimum atomic E-state index is -3.71. The van der Waals surface area contributed by atoms with Crippen molar-refractivity contribution in [2.75, 3.05) is 18.9 Å². The van der Waals surface area contributed by atoms with Gasteiger partial charge in [-0.15, -0.1) is 0 Å². The predicted molar refractivity (Wildman–Crippen MR) is 117 cm³/mol. The van der Waals surface area contributed by atoms with Gasteiger partial charge in [0.25, 0.3) is 0 Å². The standard InChI is InChI=1S/C20H31N5O5S/c1-2-3-11-31(29,30)24-16(13-26)20(28)25-10-4-5-17(25)19(27)23-12-14-6-8-15(9-7-14)18(21)22/h6-9,16-17,24,26H,2-5,10-13H2,1H3,(H3,21,22)(H,23,27)/t16-,17?/m1/s1. The fourth-order valence-electron chi connectivity index (χ4n) is 3.39. The first-order valence-electron chi connectivity index (χ1n) is 10.3. The first kappa shape index (κ1) is 24.8. The zero-order chi connectivity index (χ0) is 23.0. The largest absolute Gasteiger partial charge is 0.394 e. The maximum Gasteiger partial charge on any atom is 0.243 e. The normalized spacial score (nSPS) is 17.4. The zero-order valence-electron chi connectivity index (χ0n) is 17.6. The molecule has 0 bridgehead atoms. The Morgan fingerprint density at radius 1 is 1.32 bits per heavy atom. The highest BCUT2D eigenvalue weighted by molar-refractivity contribution is 7.89. The molecule has 0 saturated carbocycles. The van der Waals surface area contributed by atoms with Gasteiger partial charge in [0.2, 0.25) is 21.8 Å². The molecule has 6 N–H and O–H groups in total. The van der Waals surface area contributed by atoms with Gasteiger partial charge in [0, 0.05) is 18.7 Å². The van der Waals surface area contributed by atoms with Gasteiger partial charge < -0.3 is 21.1 Å². The van der Waals surface area contributed by atoms with Gasteiger partial charge in [-0.25, -0.2) is 13.1 Å². The predicted octanol–water partition coefficient (Wildman–Crippen LogP) is -0.342. The molecule has 2 atom stereocenters. The van der Waals surface area contributed by atoms with E-state index in [1.807, 2.05) is 6.92 Å². The summed E-state index contributed by atoms with van der Waals surface area (Å²) in [5.74, 6) is -1.11. The molecule has 11 heteroatoms. The van der Waals surface area contributed by atoms with Crippen molar-refractivity contribution in [1.29, 1.82) is 5.41 Å². The molecule has 172 valence electrons. The number of aliphatic hydroxyl groups is 1. The van der Waals surface area contributed by atoms with Gasteiger partial charge in [-0.2, -0.15) is 0 Å². The summed E-state index contributed by atoms with van der Waals surface area (Å²) in [6, 6.07) is 4.84. The molecule has 1 aromatic rings. The smallest absolute Gasteiger partial charge is 0.243 e. The number of nitrogens with one attached hydrogen (secondary N) is 3. The van der Waals surface area contributed by atoms with Crippen molar-refractivity contribution in [1.82, 2.24) is 14.9 Å². The van der Waals surface area contributed by atoms with Crippen LogP contribution in [0.4, 0.5) is 0 Å². The third-order valence-electron chi connectivity index (χ3n) is 5.14. The van der Waals surface area contributed by atoms with Gasteiger partial charge in [-0.1, -0.05) is 37.6 Å². The minimum absolute atomic E-state index is 0.0422. The molecule has 10 nitrogen and oxygen atoms in total. The Hall–Kier alpha value is -2.50. The molecular weight excluding hydrogens is 422 g/mol. The van der Waals surface area contributed by atoms with E-state index >= 15 is 0 Å². The van der Waals surface area contributed by atoms with Crippen molar-refractivity contribution in [3.63, 3.8) is 0 Å². The van der Waals surface area contributed by atoms with Crippen LogP contribution < -0.4 is 15.8 Å². The van der Waals surface area contributed by atoms with E-state index in [1.165, 1.54) is 4.90 Å². The zero-order valence-corrected chi connectivity index (χ0v) is 18.5. The molecule has 31 heavy (non-hydrogen) atoms. The number of nitrogens with zero attached hydrogens (tertiary/aromatic N) is 1. The SMILES string of the molecule is CCCCS(=O)(=O)N[C@H](CO)C(=O)N1CCCC1C(=O)NCc1ccc(C(=N)N)cc1. The Balaban J connectivity index is 1.98. The Labute approximate surface area is 182 Å². The molecule has 1 aliphatic heterocycles. The van der Waals surface area contributed by atoms with E-state index in [9.17, 15) is 23.1 Å². The number of hydrogen-bond acceptors (Lipinski definition) is 6. The molecule has 2 rings (SSSR count). The van der Waals surface area contributed by atoms with Crippen LogP contribution in [0.3, 0.4) is 0 Å². The van der Waals surface area contributed by atoms with Crippen LogP contribution in [0.2, 0.25) is 0 Å². The number of rotatable bonds is 11. The first-order chi connectivity index (χ1) is 14.7. The van der Waals surface area contributed by atoms with Crippen molar-refractivity contribution < 1.29 is 23.1 Å². The van der Waals surface area contributed by atoms with E-state index in [4.69, 9.17) is 11.1 Å². The quantitative estimate of drug-likeness (QED) is 0.227. The highest BCUT2D eigenvalue weighted by Crippen LogP contribution is 2.19. The topological polar surface area (TPSA) is 166 Å². The van der Waals surface area contributed by atoms with Crippen LogP contribution in [-0.2, 0) is 26.2 Å². The summed E-state index contributed by atoms with van der Waals surface area (Å²) < 4.78 is 26.5. The highest BCUT2D eigenvalue weighted by atomic mass is 32.2. The summed E-state index contributed by atoms with van der Waals surface area (Å²) >= 11 is 0. The summed E-state index contributed by atoms with van der Waals surface area (Å²) in [4.78, 5) is 26.9. The Kier molecular flexibility index (Phi) is 8.96. The van der Waals surface area contributed by atoms with Gasteiger partial charge in [-0.05, 0) is 24.8 Å². The van der Waals surface area contributed by atoms with Crippen molar-refractivity contribution in [2.45, 2.75) is 51.2 Å². The molecule has 1 fully saturated rings. The molecule has 0 radical (unpaired) electrons. The van der Waals surface area contributed by atoms with Gasteiger partial charge in [0.05, 0.1) is 12.4 Å². The van der Waals surface area contributed by atoms with Crippen molar-refractivity contribution in [3.8, 4) is 0 Å². The lowest BCUT2D eigenvalue weighted by molar-refractivity contribution is -0.140. The van der Waals surface area contributed by atoms with E-state index in [0.717, 1.165) is 5.56 Å². The number of carbonyl (C=O) groups is 2. The average Bonchev–Trinajstić information content (AvgIpc) is 3.24. The summed E-state index contributed by atoms with van der Waals surface area (Å²) in [6.07, 6.45) is 2.20. The number of benzene rings is 1. The lowest BCUT2D eigenvalue weighted by Crippen LogP contribution is -2.54. The summed E-state index contributed by atoms with van der Waals surface area (Å²) in [5, 5.41) is 19.8. The Bertz CT molecular complexity index is 888. The molecule has 0 aliphatic carbocycles. The second-order valence-corrected chi connectivity index (χ2v) is 9.42. The van der Waals surface area contributed by atoms with Crippen molar-refractivity contribution in [3.05, 3.63) is 35.4 Å². The molecule has 0 spiro atoms. The summed E-state index contributed by atoms with van der Waals surface area (Å²) in [6.45, 7) is 1.73. The van der Waals surface area contributed by atoms with Crippen LogP contribution in [0.25, 0.3) is 0 Å². The second-order valence-electron chi connectivity index (χ2n) is 7.54. The molecule has 0 aromatic heterocycles. The van der Waals surface area contributed by atoms with Gasteiger partial charge in [0.1, 0.15) is 17.9 Å². The third kappa shape index (κ3) is 7.01.